The minimum atomic E-state index is 0. The second kappa shape index (κ2) is 10.4. The first kappa shape index (κ1) is 20.5. The molecule has 1 unspecified atom stereocenters. The van der Waals surface area contributed by atoms with Gasteiger partial charge in [0.2, 0.25) is 0 Å². The Morgan fingerprint density at radius 3 is 2.50 bits per heavy atom. The van der Waals surface area contributed by atoms with Crippen molar-refractivity contribution in [2.24, 2.45) is 10.9 Å². The number of benzene rings is 1. The number of para-hydroxylation sites is 1. The van der Waals surface area contributed by atoms with E-state index in [1.165, 1.54) is 5.69 Å². The van der Waals surface area contributed by atoms with E-state index in [1.54, 1.807) is 0 Å². The largest absolute Gasteiger partial charge is 0.368 e. The molecule has 26 heavy (non-hydrogen) atoms. The van der Waals surface area contributed by atoms with Crippen LogP contribution in [0.1, 0.15) is 6.92 Å². The van der Waals surface area contributed by atoms with E-state index in [2.05, 4.69) is 62.5 Å². The number of hydrogen-bond donors (Lipinski definition) is 1. The number of nitrogens with one attached hydrogen (secondary N) is 1. The van der Waals surface area contributed by atoms with Crippen LogP contribution in [0.3, 0.4) is 0 Å². The highest BCUT2D eigenvalue weighted by molar-refractivity contribution is 14.0. The van der Waals surface area contributed by atoms with Gasteiger partial charge in [-0.3, -0.25) is 9.67 Å². The van der Waals surface area contributed by atoms with Crippen LogP contribution in [-0.4, -0.2) is 60.4 Å². The predicted molar refractivity (Wildman–Crippen MR) is 118 cm³/mol. The summed E-state index contributed by atoms with van der Waals surface area (Å²) in [6.45, 7) is 8.06. The number of aliphatic imine (C=N–C) groups is 1. The lowest BCUT2D eigenvalue weighted by Crippen LogP contribution is -2.53. The SMILES string of the molecule is CN=C(NCC(C)Cn1cccn1)N1CCN(c2ccccc2)CC1.I. The van der Waals surface area contributed by atoms with Crippen LogP contribution in [0.15, 0.2) is 53.8 Å². The van der Waals surface area contributed by atoms with E-state index in [0.29, 0.717) is 5.92 Å². The molecule has 1 aromatic heterocycles. The standard InChI is InChI=1S/C19H28N6.HI/c1-17(16-25-10-6-9-22-25)15-21-19(20-2)24-13-11-23(12-14-24)18-7-4-3-5-8-18;/h3-10,17H,11-16H2,1-2H3,(H,20,21);1H. The number of piperazine rings is 1. The average Bonchev–Trinajstić information content (AvgIpc) is 3.16. The summed E-state index contributed by atoms with van der Waals surface area (Å²) in [4.78, 5) is 9.25. The Balaban J connectivity index is 0.00000243. The smallest absolute Gasteiger partial charge is 0.193 e. The average molecular weight is 468 g/mol. The highest BCUT2D eigenvalue weighted by atomic mass is 127. The van der Waals surface area contributed by atoms with Crippen molar-refractivity contribution in [3.05, 3.63) is 48.8 Å². The topological polar surface area (TPSA) is 48.7 Å². The first-order valence-electron chi connectivity index (χ1n) is 8.99. The number of hydrogen-bond acceptors (Lipinski definition) is 3. The number of halogens is 1. The van der Waals surface area contributed by atoms with Gasteiger partial charge in [0.15, 0.2) is 5.96 Å². The predicted octanol–water partition coefficient (Wildman–Crippen LogP) is 2.53. The van der Waals surface area contributed by atoms with Crippen LogP contribution < -0.4 is 10.2 Å². The lowest BCUT2D eigenvalue weighted by molar-refractivity contribution is 0.364. The van der Waals surface area contributed by atoms with Gasteiger partial charge in [-0.05, 0) is 24.1 Å². The van der Waals surface area contributed by atoms with Crippen molar-refractivity contribution in [3.8, 4) is 0 Å². The van der Waals surface area contributed by atoms with Crippen molar-refractivity contribution in [2.45, 2.75) is 13.5 Å². The van der Waals surface area contributed by atoms with Crippen molar-refractivity contribution in [1.82, 2.24) is 20.0 Å². The van der Waals surface area contributed by atoms with Crippen LogP contribution in [0, 0.1) is 5.92 Å². The second-order valence-corrected chi connectivity index (χ2v) is 6.57. The van der Waals surface area contributed by atoms with E-state index < -0.39 is 0 Å². The maximum Gasteiger partial charge on any atom is 0.193 e. The van der Waals surface area contributed by atoms with Crippen LogP contribution in [0.2, 0.25) is 0 Å². The molecule has 0 spiro atoms. The molecule has 1 aromatic carbocycles. The normalized spacial score (nSPS) is 16.2. The van der Waals surface area contributed by atoms with Gasteiger partial charge in [-0.1, -0.05) is 25.1 Å². The minimum absolute atomic E-state index is 0. The molecular formula is C19H29IN6. The van der Waals surface area contributed by atoms with Gasteiger partial charge < -0.3 is 15.1 Å². The van der Waals surface area contributed by atoms with E-state index in [4.69, 9.17) is 0 Å². The van der Waals surface area contributed by atoms with Crippen molar-refractivity contribution in [1.29, 1.82) is 0 Å². The molecule has 6 nitrogen and oxygen atoms in total. The minimum Gasteiger partial charge on any atom is -0.368 e. The fourth-order valence-corrected chi connectivity index (χ4v) is 3.21. The fraction of sp³-hybridized carbons (Fsp3) is 0.474. The van der Waals surface area contributed by atoms with Crippen LogP contribution in [-0.2, 0) is 6.54 Å². The molecule has 3 rings (SSSR count). The quantitative estimate of drug-likeness (QED) is 0.417. The number of anilines is 1. The Labute approximate surface area is 173 Å². The number of rotatable bonds is 5. The first-order valence-corrected chi connectivity index (χ1v) is 8.99. The van der Waals surface area contributed by atoms with E-state index in [9.17, 15) is 0 Å². The zero-order valence-electron chi connectivity index (χ0n) is 15.6. The molecule has 0 bridgehead atoms. The maximum atomic E-state index is 4.47. The summed E-state index contributed by atoms with van der Waals surface area (Å²) in [5.41, 5.74) is 1.30. The van der Waals surface area contributed by atoms with Gasteiger partial charge in [-0.2, -0.15) is 5.10 Å². The van der Waals surface area contributed by atoms with Crippen molar-refractivity contribution in [2.75, 3.05) is 44.7 Å². The summed E-state index contributed by atoms with van der Waals surface area (Å²) in [5, 5.41) is 7.80. The Kier molecular flexibility index (Phi) is 8.21. The van der Waals surface area contributed by atoms with Gasteiger partial charge in [-0.15, -0.1) is 24.0 Å². The Bertz CT molecular complexity index is 650. The van der Waals surface area contributed by atoms with E-state index >= 15 is 0 Å². The van der Waals surface area contributed by atoms with E-state index in [1.807, 2.05) is 30.2 Å². The molecule has 1 aliphatic heterocycles. The first-order chi connectivity index (χ1) is 12.3. The maximum absolute atomic E-state index is 4.47. The van der Waals surface area contributed by atoms with Gasteiger partial charge >= 0.3 is 0 Å². The van der Waals surface area contributed by atoms with Gasteiger partial charge in [0.25, 0.3) is 0 Å². The summed E-state index contributed by atoms with van der Waals surface area (Å²) < 4.78 is 1.98. The highest BCUT2D eigenvalue weighted by Gasteiger charge is 2.20. The molecule has 1 saturated heterocycles. The molecule has 2 heterocycles. The summed E-state index contributed by atoms with van der Waals surface area (Å²) in [7, 11) is 1.87. The van der Waals surface area contributed by atoms with Crippen molar-refractivity contribution >= 4 is 35.6 Å². The summed E-state index contributed by atoms with van der Waals surface area (Å²) in [5.74, 6) is 1.49. The molecule has 1 aliphatic rings. The molecule has 2 aromatic rings. The molecule has 0 aliphatic carbocycles. The number of nitrogens with zero attached hydrogens (tertiary/aromatic N) is 5. The fourth-order valence-electron chi connectivity index (χ4n) is 3.21. The molecule has 1 fully saturated rings. The molecule has 142 valence electrons. The molecule has 1 N–H and O–H groups in total. The van der Waals surface area contributed by atoms with Crippen molar-refractivity contribution < 1.29 is 0 Å². The third kappa shape index (κ3) is 5.62. The highest BCUT2D eigenvalue weighted by Crippen LogP contribution is 2.15. The third-order valence-corrected chi connectivity index (χ3v) is 4.58. The summed E-state index contributed by atoms with van der Waals surface area (Å²) in [6.07, 6.45) is 3.83. The van der Waals surface area contributed by atoms with Gasteiger partial charge in [0.05, 0.1) is 0 Å². The number of aromatic nitrogens is 2. The molecule has 7 heteroatoms. The molecule has 0 amide bonds. The second-order valence-electron chi connectivity index (χ2n) is 6.57. The molecule has 0 radical (unpaired) electrons. The Hall–Kier alpha value is -1.77. The molecule has 0 saturated carbocycles. The zero-order chi connectivity index (χ0) is 17.5. The lowest BCUT2D eigenvalue weighted by Gasteiger charge is -2.37. The van der Waals surface area contributed by atoms with Crippen LogP contribution in [0.4, 0.5) is 5.69 Å². The van der Waals surface area contributed by atoms with Crippen LogP contribution in [0.25, 0.3) is 0 Å². The van der Waals surface area contributed by atoms with Crippen LogP contribution >= 0.6 is 24.0 Å². The molecule has 1 atom stereocenters. The monoisotopic (exact) mass is 468 g/mol. The summed E-state index contributed by atoms with van der Waals surface area (Å²) in [6, 6.07) is 12.6. The van der Waals surface area contributed by atoms with Gasteiger partial charge in [0.1, 0.15) is 0 Å². The number of guanidine groups is 1. The third-order valence-electron chi connectivity index (χ3n) is 4.58. The van der Waals surface area contributed by atoms with Crippen LogP contribution in [0.5, 0.6) is 0 Å². The molecular weight excluding hydrogens is 439 g/mol. The zero-order valence-corrected chi connectivity index (χ0v) is 17.9. The van der Waals surface area contributed by atoms with E-state index in [0.717, 1.165) is 45.2 Å². The van der Waals surface area contributed by atoms with E-state index in [-0.39, 0.29) is 24.0 Å². The Morgan fingerprint density at radius 1 is 1.15 bits per heavy atom. The lowest BCUT2D eigenvalue weighted by atomic mass is 10.2. The van der Waals surface area contributed by atoms with Gasteiger partial charge in [0, 0.05) is 64.4 Å². The van der Waals surface area contributed by atoms with Gasteiger partial charge in [-0.25, -0.2) is 0 Å². The summed E-state index contributed by atoms with van der Waals surface area (Å²) >= 11 is 0. The van der Waals surface area contributed by atoms with Crippen molar-refractivity contribution in [3.63, 3.8) is 0 Å². The Morgan fingerprint density at radius 2 is 1.88 bits per heavy atom.